The van der Waals surface area contributed by atoms with Crippen molar-refractivity contribution in [1.82, 2.24) is 15.2 Å². The zero-order chi connectivity index (χ0) is 33.5. The van der Waals surface area contributed by atoms with Crippen LogP contribution in [0.5, 0.6) is 0 Å². The van der Waals surface area contributed by atoms with Gasteiger partial charge in [-0.05, 0) is 89.6 Å². The minimum atomic E-state index is -3.41. The van der Waals surface area contributed by atoms with Gasteiger partial charge >= 0.3 is 6.09 Å². The predicted molar refractivity (Wildman–Crippen MR) is 169 cm³/mol. The number of carbonyl (C=O) groups excluding carboxylic acids is 2. The lowest BCUT2D eigenvalue weighted by atomic mass is 9.90. The first-order valence-corrected chi connectivity index (χ1v) is 17.1. The topological polar surface area (TPSA) is 150 Å². The second-order valence-electron chi connectivity index (χ2n) is 12.6. The molecule has 1 aromatic carbocycles. The average Bonchev–Trinajstić information content (AvgIpc) is 2.93. The third-order valence-electron chi connectivity index (χ3n) is 7.29. The first-order chi connectivity index (χ1) is 20.9. The molecule has 14 heteroatoms. The van der Waals surface area contributed by atoms with Crippen molar-refractivity contribution in [1.29, 1.82) is 0 Å². The molecule has 1 saturated heterocycles. The van der Waals surface area contributed by atoms with E-state index in [1.807, 2.05) is 13.8 Å². The van der Waals surface area contributed by atoms with E-state index in [0.29, 0.717) is 31.6 Å². The van der Waals surface area contributed by atoms with Gasteiger partial charge in [0.25, 0.3) is 5.91 Å². The maximum Gasteiger partial charge on any atom is 0.410 e. The van der Waals surface area contributed by atoms with Gasteiger partial charge in [0.2, 0.25) is 0 Å². The van der Waals surface area contributed by atoms with Crippen LogP contribution in [0.15, 0.2) is 30.3 Å². The Kier molecular flexibility index (Phi) is 12.1. The SMILES string of the molecule is CCC(C)Nc1cc(C(=O)N[C@@H](Cc2cc(F)cc(F)c2)[C@H](O)[C@H]2CCCCN2C(=O)OC(C)(C)C)cc(NCS(C)(=O)=O)n1. The number of pyridine rings is 1. The predicted octanol–water partition coefficient (Wildman–Crippen LogP) is 4.48. The minimum Gasteiger partial charge on any atom is -0.444 e. The standard InChI is InChI=1S/C31H45F2N5O6S/c1-7-19(2)35-27-16-21(15-26(37-27)34-18-45(6,42)43)29(40)36-24(14-20-12-22(32)17-23(33)13-20)28(39)25-10-8-9-11-38(25)30(41)44-31(3,4)5/h12-13,15-17,19,24-25,28,39H,7-11,14,18H2,1-6H3,(H,36,40)(H2,34,35,37)/t19?,24-,25+,28-/m0/s1. The number of ether oxygens (including phenoxy) is 1. The summed E-state index contributed by atoms with van der Waals surface area (Å²) in [4.78, 5) is 32.7. The highest BCUT2D eigenvalue weighted by molar-refractivity contribution is 7.90. The highest BCUT2D eigenvalue weighted by Crippen LogP contribution is 2.26. The van der Waals surface area contributed by atoms with Crippen LogP contribution in [0, 0.1) is 11.6 Å². The molecule has 11 nitrogen and oxygen atoms in total. The van der Waals surface area contributed by atoms with Crippen molar-refractivity contribution in [2.75, 3.05) is 29.3 Å². The van der Waals surface area contributed by atoms with E-state index in [4.69, 9.17) is 4.74 Å². The Morgan fingerprint density at radius 1 is 1.11 bits per heavy atom. The van der Waals surface area contributed by atoms with Gasteiger partial charge in [0.15, 0.2) is 9.84 Å². The number of nitrogens with zero attached hydrogens (tertiary/aromatic N) is 2. The number of carbonyl (C=O) groups is 2. The van der Waals surface area contributed by atoms with Gasteiger partial charge in [0.05, 0.1) is 18.2 Å². The smallest absolute Gasteiger partial charge is 0.410 e. The normalized spacial score (nSPS) is 17.6. The Labute approximate surface area is 264 Å². The third-order valence-corrected chi connectivity index (χ3v) is 7.96. The number of likely N-dealkylation sites (tertiary alicyclic amines) is 1. The number of rotatable bonds is 12. The molecule has 0 aliphatic carbocycles. The van der Waals surface area contributed by atoms with Gasteiger partial charge in [-0.15, -0.1) is 0 Å². The van der Waals surface area contributed by atoms with E-state index in [2.05, 4.69) is 20.9 Å². The second kappa shape index (κ2) is 15.2. The van der Waals surface area contributed by atoms with E-state index in [1.54, 1.807) is 20.8 Å². The van der Waals surface area contributed by atoms with Crippen LogP contribution in [0.2, 0.25) is 0 Å². The van der Waals surface area contributed by atoms with Crippen LogP contribution in [0.4, 0.5) is 25.2 Å². The van der Waals surface area contributed by atoms with Crippen molar-refractivity contribution in [2.45, 2.75) is 96.6 Å². The lowest BCUT2D eigenvalue weighted by Gasteiger charge is -2.41. The van der Waals surface area contributed by atoms with Crippen LogP contribution in [0.25, 0.3) is 0 Å². The van der Waals surface area contributed by atoms with Crippen LogP contribution in [0.1, 0.15) is 76.2 Å². The maximum absolute atomic E-state index is 14.1. The van der Waals surface area contributed by atoms with E-state index >= 15 is 0 Å². The van der Waals surface area contributed by atoms with E-state index in [-0.39, 0.29) is 29.4 Å². The molecule has 2 amide bonds. The Morgan fingerprint density at radius 2 is 1.76 bits per heavy atom. The van der Waals surface area contributed by atoms with E-state index < -0.39 is 63.1 Å². The van der Waals surface area contributed by atoms with Crippen LogP contribution in [0.3, 0.4) is 0 Å². The molecule has 0 bridgehead atoms. The Morgan fingerprint density at radius 3 is 2.36 bits per heavy atom. The summed E-state index contributed by atoms with van der Waals surface area (Å²) in [5.41, 5.74) is -0.481. The lowest BCUT2D eigenvalue weighted by molar-refractivity contribution is -0.0243. The first-order valence-electron chi connectivity index (χ1n) is 15.1. The molecular formula is C31H45F2N5O6S. The number of aliphatic hydroxyl groups excluding tert-OH is 1. The van der Waals surface area contributed by atoms with E-state index in [0.717, 1.165) is 30.9 Å². The van der Waals surface area contributed by atoms with Gasteiger partial charge < -0.3 is 30.7 Å². The molecule has 1 unspecified atom stereocenters. The molecule has 250 valence electrons. The van der Waals surface area contributed by atoms with Crippen LogP contribution in [-0.2, 0) is 21.0 Å². The molecule has 1 aromatic heterocycles. The fourth-order valence-electron chi connectivity index (χ4n) is 5.01. The lowest BCUT2D eigenvalue weighted by Crippen LogP contribution is -2.58. The molecule has 1 aliphatic heterocycles. The van der Waals surface area contributed by atoms with Crippen molar-refractivity contribution in [2.24, 2.45) is 0 Å². The van der Waals surface area contributed by atoms with Gasteiger partial charge in [0, 0.05) is 30.5 Å². The number of halogens is 2. The summed E-state index contributed by atoms with van der Waals surface area (Å²) in [6, 6.07) is 3.99. The van der Waals surface area contributed by atoms with Crippen molar-refractivity contribution in [3.8, 4) is 0 Å². The van der Waals surface area contributed by atoms with Gasteiger partial charge in [0.1, 0.15) is 34.7 Å². The molecular weight excluding hydrogens is 608 g/mol. The number of aromatic nitrogens is 1. The molecule has 2 heterocycles. The molecule has 0 spiro atoms. The molecule has 3 rings (SSSR count). The molecule has 0 saturated carbocycles. The number of hydrogen-bond acceptors (Lipinski definition) is 9. The van der Waals surface area contributed by atoms with Crippen molar-refractivity contribution < 1.29 is 36.6 Å². The number of nitrogens with one attached hydrogen (secondary N) is 3. The second-order valence-corrected chi connectivity index (χ2v) is 14.8. The van der Waals surface area contributed by atoms with Crippen LogP contribution >= 0.6 is 0 Å². The van der Waals surface area contributed by atoms with E-state index in [1.165, 1.54) is 17.0 Å². The molecule has 1 fully saturated rings. The Hall–Kier alpha value is -3.52. The van der Waals surface area contributed by atoms with Gasteiger partial charge in [-0.2, -0.15) is 0 Å². The fourth-order valence-corrected chi connectivity index (χ4v) is 5.42. The highest BCUT2D eigenvalue weighted by Gasteiger charge is 2.39. The van der Waals surface area contributed by atoms with Crippen molar-refractivity contribution >= 4 is 33.5 Å². The monoisotopic (exact) mass is 653 g/mol. The number of amides is 2. The van der Waals surface area contributed by atoms with Gasteiger partial charge in [-0.1, -0.05) is 6.92 Å². The third kappa shape index (κ3) is 11.4. The van der Waals surface area contributed by atoms with Crippen molar-refractivity contribution in [3.63, 3.8) is 0 Å². The fraction of sp³-hybridized carbons (Fsp3) is 0.581. The summed E-state index contributed by atoms with van der Waals surface area (Å²) in [6.45, 7) is 9.42. The molecule has 1 aliphatic rings. The highest BCUT2D eigenvalue weighted by atomic mass is 32.2. The minimum absolute atomic E-state index is 0.0128. The maximum atomic E-state index is 14.1. The Bertz CT molecular complexity index is 1430. The summed E-state index contributed by atoms with van der Waals surface area (Å²) in [5, 5.41) is 20.4. The number of hydrogen-bond donors (Lipinski definition) is 4. The van der Waals surface area contributed by atoms with Crippen LogP contribution < -0.4 is 16.0 Å². The summed E-state index contributed by atoms with van der Waals surface area (Å²) < 4.78 is 57.4. The summed E-state index contributed by atoms with van der Waals surface area (Å²) in [6.07, 6.45) is 1.53. The number of benzene rings is 1. The molecule has 45 heavy (non-hydrogen) atoms. The van der Waals surface area contributed by atoms with Crippen LogP contribution in [-0.4, -0.2) is 83.9 Å². The average molecular weight is 654 g/mol. The first kappa shape index (κ1) is 36.0. The van der Waals surface area contributed by atoms with E-state index in [9.17, 15) is 31.9 Å². The summed E-state index contributed by atoms with van der Waals surface area (Å²) in [5.74, 6) is -2.23. The molecule has 4 atom stereocenters. The summed E-state index contributed by atoms with van der Waals surface area (Å²) in [7, 11) is -3.41. The van der Waals surface area contributed by atoms with Crippen molar-refractivity contribution in [3.05, 3.63) is 53.1 Å². The molecule has 0 radical (unpaired) electrons. The molecule has 2 aromatic rings. The van der Waals surface area contributed by atoms with Gasteiger partial charge in [-0.3, -0.25) is 4.79 Å². The largest absolute Gasteiger partial charge is 0.444 e. The number of piperidine rings is 1. The zero-order valence-corrected chi connectivity index (χ0v) is 27.5. The quantitative estimate of drug-likeness (QED) is 0.260. The molecule has 4 N–H and O–H groups in total. The number of anilines is 2. The summed E-state index contributed by atoms with van der Waals surface area (Å²) >= 11 is 0. The number of sulfone groups is 1. The Balaban J connectivity index is 1.98. The zero-order valence-electron chi connectivity index (χ0n) is 26.7. The van der Waals surface area contributed by atoms with Gasteiger partial charge in [-0.25, -0.2) is 27.0 Å². The number of aliphatic hydroxyl groups is 1.